The fraction of sp³-hybridized carbons (Fsp3) is 0.0833. The highest BCUT2D eigenvalue weighted by atomic mass is 79.9. The van der Waals surface area contributed by atoms with Gasteiger partial charge in [-0.3, -0.25) is 5.43 Å². The molecule has 0 aliphatic carbocycles. The van der Waals surface area contributed by atoms with Crippen LogP contribution < -0.4 is 5.43 Å². The van der Waals surface area contributed by atoms with E-state index in [0.717, 1.165) is 25.1 Å². The molecular weight excluding hydrogens is 320 g/mol. The molecule has 1 aromatic carbocycles. The van der Waals surface area contributed by atoms with E-state index in [1.54, 1.807) is 11.3 Å². The SMILES string of the molecule is C/C(=N\Nc1ccc(Cl)cc1)c1ccc(Br)s1. The van der Waals surface area contributed by atoms with Crippen molar-refractivity contribution in [3.63, 3.8) is 0 Å². The number of benzene rings is 1. The predicted molar refractivity (Wildman–Crippen MR) is 79.3 cm³/mol. The van der Waals surface area contributed by atoms with Crippen LogP contribution in [-0.4, -0.2) is 5.71 Å². The van der Waals surface area contributed by atoms with Gasteiger partial charge in [0.05, 0.1) is 20.1 Å². The van der Waals surface area contributed by atoms with Crippen LogP contribution in [0.2, 0.25) is 5.02 Å². The second-order valence-corrected chi connectivity index (χ2v) is 6.32. The number of nitrogens with zero attached hydrogens (tertiary/aromatic N) is 1. The van der Waals surface area contributed by atoms with Crippen LogP contribution in [0.25, 0.3) is 0 Å². The zero-order chi connectivity index (χ0) is 12.3. The van der Waals surface area contributed by atoms with E-state index in [0.29, 0.717) is 0 Å². The molecule has 0 saturated heterocycles. The third-order valence-electron chi connectivity index (χ3n) is 2.13. The fourth-order valence-corrected chi connectivity index (χ4v) is 2.69. The lowest BCUT2D eigenvalue weighted by atomic mass is 10.3. The molecular formula is C12H10BrClN2S. The van der Waals surface area contributed by atoms with Crippen LogP contribution in [-0.2, 0) is 0 Å². The standard InChI is InChI=1S/C12H10BrClN2S/c1-8(11-6-7-12(13)17-11)15-16-10-4-2-9(14)3-5-10/h2-7,16H,1H3/b15-8+. The van der Waals surface area contributed by atoms with Crippen LogP contribution in [0, 0.1) is 0 Å². The first-order chi connectivity index (χ1) is 8.15. The molecule has 5 heteroatoms. The lowest BCUT2D eigenvalue weighted by molar-refractivity contribution is 1.33. The van der Waals surface area contributed by atoms with E-state index < -0.39 is 0 Å². The molecule has 2 nitrogen and oxygen atoms in total. The van der Waals surface area contributed by atoms with Gasteiger partial charge in [-0.1, -0.05) is 11.6 Å². The molecule has 0 atom stereocenters. The zero-order valence-corrected chi connectivity index (χ0v) is 12.2. The Morgan fingerprint density at radius 2 is 1.94 bits per heavy atom. The van der Waals surface area contributed by atoms with Crippen LogP contribution >= 0.6 is 38.9 Å². The third kappa shape index (κ3) is 3.56. The minimum Gasteiger partial charge on any atom is -0.278 e. The largest absolute Gasteiger partial charge is 0.278 e. The summed E-state index contributed by atoms with van der Waals surface area (Å²) in [6.45, 7) is 1.97. The number of anilines is 1. The van der Waals surface area contributed by atoms with Crippen molar-refractivity contribution in [1.82, 2.24) is 0 Å². The summed E-state index contributed by atoms with van der Waals surface area (Å²) in [5, 5.41) is 5.04. The van der Waals surface area contributed by atoms with Crippen molar-refractivity contribution in [1.29, 1.82) is 0 Å². The summed E-state index contributed by atoms with van der Waals surface area (Å²) < 4.78 is 1.11. The van der Waals surface area contributed by atoms with Gasteiger partial charge in [-0.15, -0.1) is 11.3 Å². The van der Waals surface area contributed by atoms with Crippen molar-refractivity contribution in [2.45, 2.75) is 6.92 Å². The predicted octanol–water partition coefficient (Wildman–Crippen LogP) is 5.00. The van der Waals surface area contributed by atoms with E-state index in [9.17, 15) is 0 Å². The Bertz CT molecular complexity index is 534. The Labute approximate surface area is 117 Å². The molecule has 0 radical (unpaired) electrons. The van der Waals surface area contributed by atoms with Crippen molar-refractivity contribution in [3.05, 3.63) is 50.1 Å². The number of thiophene rings is 1. The molecule has 2 rings (SSSR count). The molecule has 0 unspecified atom stereocenters. The summed E-state index contributed by atoms with van der Waals surface area (Å²) in [6, 6.07) is 11.5. The number of hydrazone groups is 1. The number of nitrogens with one attached hydrogen (secondary N) is 1. The van der Waals surface area contributed by atoms with Crippen molar-refractivity contribution in [2.24, 2.45) is 5.10 Å². The van der Waals surface area contributed by atoms with Gasteiger partial charge in [0.15, 0.2) is 0 Å². The van der Waals surface area contributed by atoms with Crippen LogP contribution in [0.15, 0.2) is 45.3 Å². The summed E-state index contributed by atoms with van der Waals surface area (Å²) in [4.78, 5) is 1.14. The average molecular weight is 330 g/mol. The van der Waals surface area contributed by atoms with Crippen LogP contribution in [0.5, 0.6) is 0 Å². The molecule has 2 aromatic rings. The van der Waals surface area contributed by atoms with Crippen LogP contribution in [0.4, 0.5) is 5.69 Å². The second kappa shape index (κ2) is 5.67. The minimum atomic E-state index is 0.721. The zero-order valence-electron chi connectivity index (χ0n) is 9.08. The maximum Gasteiger partial charge on any atom is 0.0748 e. The Balaban J connectivity index is 2.08. The lowest BCUT2D eigenvalue weighted by Crippen LogP contribution is -1.96. The summed E-state index contributed by atoms with van der Waals surface area (Å²) in [6.07, 6.45) is 0. The molecule has 0 spiro atoms. The maximum atomic E-state index is 5.81. The fourth-order valence-electron chi connectivity index (χ4n) is 1.24. The first kappa shape index (κ1) is 12.6. The third-order valence-corrected chi connectivity index (χ3v) is 4.11. The van der Waals surface area contributed by atoms with Gasteiger partial charge < -0.3 is 0 Å². The first-order valence-corrected chi connectivity index (χ1v) is 6.95. The molecule has 1 heterocycles. The van der Waals surface area contributed by atoms with Gasteiger partial charge in [-0.25, -0.2) is 0 Å². The topological polar surface area (TPSA) is 24.4 Å². The monoisotopic (exact) mass is 328 g/mol. The van der Waals surface area contributed by atoms with Crippen molar-refractivity contribution >= 4 is 50.3 Å². The van der Waals surface area contributed by atoms with Gasteiger partial charge in [0.2, 0.25) is 0 Å². The summed E-state index contributed by atoms with van der Waals surface area (Å²) >= 11 is 10.9. The quantitative estimate of drug-likeness (QED) is 0.622. The molecule has 0 bridgehead atoms. The molecule has 1 aromatic heterocycles. The number of halogens is 2. The van der Waals surface area contributed by atoms with Gasteiger partial charge in [0, 0.05) is 5.02 Å². The molecule has 1 N–H and O–H groups in total. The second-order valence-electron chi connectivity index (χ2n) is 3.42. The highest BCUT2D eigenvalue weighted by Gasteiger charge is 2.01. The van der Waals surface area contributed by atoms with Crippen LogP contribution in [0.3, 0.4) is 0 Å². The molecule has 0 amide bonds. The highest BCUT2D eigenvalue weighted by molar-refractivity contribution is 9.11. The Hall–Kier alpha value is -0.840. The van der Waals surface area contributed by atoms with E-state index in [4.69, 9.17) is 11.6 Å². The van der Waals surface area contributed by atoms with E-state index in [-0.39, 0.29) is 0 Å². The average Bonchev–Trinajstić information content (AvgIpc) is 2.75. The molecule has 0 aliphatic heterocycles. The van der Waals surface area contributed by atoms with Gasteiger partial charge in [0.25, 0.3) is 0 Å². The van der Waals surface area contributed by atoms with Crippen molar-refractivity contribution in [2.75, 3.05) is 5.43 Å². The molecule has 88 valence electrons. The van der Waals surface area contributed by atoms with Gasteiger partial charge in [0.1, 0.15) is 0 Å². The first-order valence-electron chi connectivity index (χ1n) is 4.97. The Morgan fingerprint density at radius 1 is 1.24 bits per heavy atom. The number of hydrogen-bond acceptors (Lipinski definition) is 3. The minimum absolute atomic E-state index is 0.721. The van der Waals surface area contributed by atoms with Crippen molar-refractivity contribution in [3.8, 4) is 0 Å². The van der Waals surface area contributed by atoms with E-state index in [1.807, 2.05) is 43.3 Å². The maximum absolute atomic E-state index is 5.81. The lowest BCUT2D eigenvalue weighted by Gasteiger charge is -2.01. The molecule has 0 aliphatic rings. The van der Waals surface area contributed by atoms with Crippen molar-refractivity contribution < 1.29 is 0 Å². The normalized spacial score (nSPS) is 11.6. The molecule has 17 heavy (non-hydrogen) atoms. The smallest absolute Gasteiger partial charge is 0.0748 e. The number of hydrogen-bond donors (Lipinski definition) is 1. The Morgan fingerprint density at radius 3 is 2.53 bits per heavy atom. The summed E-state index contributed by atoms with van der Waals surface area (Å²) in [7, 11) is 0. The highest BCUT2D eigenvalue weighted by Crippen LogP contribution is 2.22. The van der Waals surface area contributed by atoms with Gasteiger partial charge in [-0.05, 0) is 59.3 Å². The number of rotatable bonds is 3. The van der Waals surface area contributed by atoms with Gasteiger partial charge >= 0.3 is 0 Å². The van der Waals surface area contributed by atoms with E-state index in [2.05, 4.69) is 26.5 Å². The molecule has 0 saturated carbocycles. The molecule has 0 fully saturated rings. The summed E-state index contributed by atoms with van der Waals surface area (Å²) in [5.41, 5.74) is 4.88. The van der Waals surface area contributed by atoms with E-state index >= 15 is 0 Å². The van der Waals surface area contributed by atoms with Crippen LogP contribution in [0.1, 0.15) is 11.8 Å². The van der Waals surface area contributed by atoms with E-state index in [1.165, 1.54) is 0 Å². The summed E-state index contributed by atoms with van der Waals surface area (Å²) in [5.74, 6) is 0. The van der Waals surface area contributed by atoms with Gasteiger partial charge in [-0.2, -0.15) is 5.10 Å². The Kier molecular flexibility index (Phi) is 4.20.